The van der Waals surface area contributed by atoms with Gasteiger partial charge in [0.05, 0.1) is 16.1 Å². The van der Waals surface area contributed by atoms with Crippen LogP contribution in [0.1, 0.15) is 31.1 Å². The molecule has 136 valence electrons. The van der Waals surface area contributed by atoms with Gasteiger partial charge in [-0.05, 0) is 48.8 Å². The van der Waals surface area contributed by atoms with Gasteiger partial charge in [0.15, 0.2) is 0 Å². The summed E-state index contributed by atoms with van der Waals surface area (Å²) in [5.74, 6) is -0.453. The second-order valence-electron chi connectivity index (χ2n) is 7.15. The number of ether oxygens (including phenoxy) is 2. The lowest BCUT2D eigenvalue weighted by Crippen LogP contribution is -2.58. The molecule has 0 bridgehead atoms. The van der Waals surface area contributed by atoms with E-state index in [1.54, 1.807) is 9.80 Å². The van der Waals surface area contributed by atoms with Crippen LogP contribution in [0.3, 0.4) is 0 Å². The minimum atomic E-state index is -0.579. The van der Waals surface area contributed by atoms with Gasteiger partial charge in [0, 0.05) is 19.6 Å². The van der Waals surface area contributed by atoms with E-state index in [9.17, 15) is 14.0 Å². The summed E-state index contributed by atoms with van der Waals surface area (Å²) < 4.78 is 25.2. The standard InChI is InChI=1S/C17H20BrFN2O4/c1-17(2,3)25-16(23)20-4-5-21-10(8-20)9-24-14-7-12(18)13(19)6-11(14)15(21)22/h6-7,10H,4-5,8-9H2,1-3H3. The molecule has 2 aliphatic rings. The molecule has 0 N–H and O–H groups in total. The molecule has 2 heterocycles. The summed E-state index contributed by atoms with van der Waals surface area (Å²) in [7, 11) is 0. The van der Waals surface area contributed by atoms with Gasteiger partial charge in [-0.25, -0.2) is 9.18 Å². The fraction of sp³-hybridized carbons (Fsp3) is 0.529. The minimum Gasteiger partial charge on any atom is -0.490 e. The van der Waals surface area contributed by atoms with Crippen molar-refractivity contribution >= 4 is 27.9 Å². The van der Waals surface area contributed by atoms with Gasteiger partial charge in [0.25, 0.3) is 5.91 Å². The first kappa shape index (κ1) is 18.0. The van der Waals surface area contributed by atoms with Crippen molar-refractivity contribution in [3.8, 4) is 5.75 Å². The Kier molecular flexibility index (Phi) is 4.66. The highest BCUT2D eigenvalue weighted by Crippen LogP contribution is 2.31. The van der Waals surface area contributed by atoms with E-state index in [0.29, 0.717) is 25.4 Å². The average molecular weight is 415 g/mol. The Morgan fingerprint density at radius 2 is 2.08 bits per heavy atom. The molecule has 1 saturated heterocycles. The normalized spacial score (nSPS) is 20.4. The molecule has 0 saturated carbocycles. The van der Waals surface area contributed by atoms with Gasteiger partial charge in [0.2, 0.25) is 0 Å². The Morgan fingerprint density at radius 1 is 1.36 bits per heavy atom. The predicted molar refractivity (Wildman–Crippen MR) is 92.2 cm³/mol. The maximum absolute atomic E-state index is 13.8. The highest BCUT2D eigenvalue weighted by molar-refractivity contribution is 9.10. The van der Waals surface area contributed by atoms with E-state index in [1.807, 2.05) is 20.8 Å². The van der Waals surface area contributed by atoms with Crippen LogP contribution in [0.25, 0.3) is 0 Å². The average Bonchev–Trinajstić information content (AvgIpc) is 2.64. The molecule has 0 aromatic heterocycles. The molecule has 6 nitrogen and oxygen atoms in total. The third-order valence-corrected chi connectivity index (χ3v) is 4.69. The Hall–Kier alpha value is -1.83. The topological polar surface area (TPSA) is 59.1 Å². The van der Waals surface area contributed by atoms with Crippen LogP contribution in [0.4, 0.5) is 9.18 Å². The van der Waals surface area contributed by atoms with Crippen molar-refractivity contribution in [2.45, 2.75) is 32.4 Å². The van der Waals surface area contributed by atoms with Crippen molar-refractivity contribution in [1.29, 1.82) is 0 Å². The zero-order valence-corrected chi connectivity index (χ0v) is 15.9. The molecule has 0 radical (unpaired) electrons. The molecule has 1 fully saturated rings. The van der Waals surface area contributed by atoms with Crippen LogP contribution >= 0.6 is 15.9 Å². The van der Waals surface area contributed by atoms with Crippen molar-refractivity contribution < 1.29 is 23.5 Å². The first-order valence-electron chi connectivity index (χ1n) is 8.06. The first-order valence-corrected chi connectivity index (χ1v) is 8.86. The lowest BCUT2D eigenvalue weighted by atomic mass is 10.1. The molecule has 0 aliphatic carbocycles. The van der Waals surface area contributed by atoms with E-state index in [1.165, 1.54) is 12.1 Å². The van der Waals surface area contributed by atoms with Gasteiger partial charge in [-0.2, -0.15) is 0 Å². The zero-order valence-electron chi connectivity index (χ0n) is 14.3. The summed E-state index contributed by atoms with van der Waals surface area (Å²) in [5.41, 5.74) is -0.377. The van der Waals surface area contributed by atoms with Gasteiger partial charge >= 0.3 is 6.09 Å². The van der Waals surface area contributed by atoms with Crippen LogP contribution in [0.15, 0.2) is 16.6 Å². The molecule has 1 atom stereocenters. The predicted octanol–water partition coefficient (Wildman–Crippen LogP) is 3.04. The highest BCUT2D eigenvalue weighted by atomic mass is 79.9. The number of carbonyl (C=O) groups is 2. The van der Waals surface area contributed by atoms with E-state index in [-0.39, 0.29) is 28.6 Å². The summed E-state index contributed by atoms with van der Waals surface area (Å²) in [6, 6.07) is 2.35. The molecule has 1 aromatic carbocycles. The largest absolute Gasteiger partial charge is 0.490 e. The molecule has 8 heteroatoms. The summed E-state index contributed by atoms with van der Waals surface area (Å²) in [6.45, 7) is 6.69. The third kappa shape index (κ3) is 3.73. The monoisotopic (exact) mass is 414 g/mol. The van der Waals surface area contributed by atoms with E-state index >= 15 is 0 Å². The molecule has 25 heavy (non-hydrogen) atoms. The van der Waals surface area contributed by atoms with E-state index in [4.69, 9.17) is 9.47 Å². The van der Waals surface area contributed by atoms with Crippen LogP contribution in [0, 0.1) is 5.82 Å². The van der Waals surface area contributed by atoms with Crippen molar-refractivity contribution in [1.82, 2.24) is 9.80 Å². The van der Waals surface area contributed by atoms with Crippen LogP contribution in [-0.4, -0.2) is 59.7 Å². The number of hydrogen-bond acceptors (Lipinski definition) is 4. The Bertz CT molecular complexity index is 719. The molecule has 0 spiro atoms. The maximum Gasteiger partial charge on any atom is 0.410 e. The fourth-order valence-corrected chi connectivity index (χ4v) is 3.24. The Labute approximate surface area is 154 Å². The number of halogens is 2. The maximum atomic E-state index is 13.8. The Morgan fingerprint density at radius 3 is 2.76 bits per heavy atom. The molecule has 2 amide bonds. The van der Waals surface area contributed by atoms with Gasteiger partial charge < -0.3 is 19.3 Å². The highest BCUT2D eigenvalue weighted by Gasteiger charge is 2.38. The Balaban J connectivity index is 1.78. The fourth-order valence-electron chi connectivity index (χ4n) is 2.91. The van der Waals surface area contributed by atoms with Crippen molar-refractivity contribution in [3.63, 3.8) is 0 Å². The lowest BCUT2D eigenvalue weighted by Gasteiger charge is -2.40. The number of piperazine rings is 1. The molecule has 1 aromatic rings. The van der Waals surface area contributed by atoms with Crippen LogP contribution in [0.2, 0.25) is 0 Å². The third-order valence-electron chi connectivity index (χ3n) is 4.08. The molecular formula is C17H20BrFN2O4. The molecule has 2 aliphatic heterocycles. The van der Waals surface area contributed by atoms with Crippen LogP contribution in [-0.2, 0) is 4.74 Å². The molecule has 3 rings (SSSR count). The number of rotatable bonds is 0. The van der Waals surface area contributed by atoms with Crippen LogP contribution < -0.4 is 4.74 Å². The van der Waals surface area contributed by atoms with Gasteiger partial charge in [-0.3, -0.25) is 4.79 Å². The minimum absolute atomic E-state index is 0.203. The van der Waals surface area contributed by atoms with Crippen molar-refractivity contribution in [2.75, 3.05) is 26.2 Å². The van der Waals surface area contributed by atoms with E-state index in [2.05, 4.69) is 15.9 Å². The molecular weight excluding hydrogens is 395 g/mol. The van der Waals surface area contributed by atoms with Crippen molar-refractivity contribution in [2.24, 2.45) is 0 Å². The van der Waals surface area contributed by atoms with Gasteiger partial charge in [0.1, 0.15) is 23.8 Å². The number of fused-ring (bicyclic) bond motifs is 2. The zero-order chi connectivity index (χ0) is 18.4. The van der Waals surface area contributed by atoms with Gasteiger partial charge in [-0.15, -0.1) is 0 Å². The van der Waals surface area contributed by atoms with E-state index < -0.39 is 17.5 Å². The summed E-state index contributed by atoms with van der Waals surface area (Å²) in [6.07, 6.45) is -0.407. The van der Waals surface area contributed by atoms with Crippen LogP contribution in [0.5, 0.6) is 5.75 Å². The number of benzene rings is 1. The van der Waals surface area contributed by atoms with Gasteiger partial charge in [-0.1, -0.05) is 0 Å². The number of nitrogens with zero attached hydrogens (tertiary/aromatic N) is 2. The summed E-state index contributed by atoms with van der Waals surface area (Å²) >= 11 is 3.10. The lowest BCUT2D eigenvalue weighted by molar-refractivity contribution is 0.000951. The van der Waals surface area contributed by atoms with Crippen molar-refractivity contribution in [3.05, 3.63) is 28.0 Å². The first-order chi connectivity index (χ1) is 11.7. The SMILES string of the molecule is CC(C)(C)OC(=O)N1CCN2C(=O)c3cc(F)c(Br)cc3OCC2C1. The number of hydrogen-bond donors (Lipinski definition) is 0. The second-order valence-corrected chi connectivity index (χ2v) is 8.01. The van der Waals surface area contributed by atoms with E-state index in [0.717, 1.165) is 0 Å². The quantitative estimate of drug-likeness (QED) is 0.654. The number of carbonyl (C=O) groups excluding carboxylic acids is 2. The smallest absolute Gasteiger partial charge is 0.410 e. The summed E-state index contributed by atoms with van der Waals surface area (Å²) in [4.78, 5) is 28.3. The summed E-state index contributed by atoms with van der Waals surface area (Å²) in [5, 5.41) is 0. The second kappa shape index (κ2) is 6.48. The molecule has 1 unspecified atom stereocenters. The number of amides is 2.